The van der Waals surface area contributed by atoms with E-state index in [-0.39, 0.29) is 38.4 Å². The second kappa shape index (κ2) is 13.9. The van der Waals surface area contributed by atoms with Crippen LogP contribution in [0.25, 0.3) is 33.2 Å². The van der Waals surface area contributed by atoms with Crippen LogP contribution in [0.15, 0.2) is 59.5 Å². The highest BCUT2D eigenvalue weighted by atomic mass is 35.5. The maximum Gasteiger partial charge on any atom is 0.280 e. The number of rotatable bonds is 10. The number of alkyl halides is 2. The summed E-state index contributed by atoms with van der Waals surface area (Å²) in [5.74, 6) is 0.371. The van der Waals surface area contributed by atoms with Gasteiger partial charge in [0.05, 0.1) is 40.1 Å². The summed E-state index contributed by atoms with van der Waals surface area (Å²) in [4.78, 5) is 36.8. The van der Waals surface area contributed by atoms with Gasteiger partial charge in [0.15, 0.2) is 0 Å². The topological polar surface area (TPSA) is 128 Å². The van der Waals surface area contributed by atoms with Gasteiger partial charge in [-0.15, -0.1) is 0 Å². The zero-order chi connectivity index (χ0) is 37.9. The first-order chi connectivity index (χ1) is 25.9. The second-order valence-electron chi connectivity index (χ2n) is 14.9. The summed E-state index contributed by atoms with van der Waals surface area (Å²) in [7, 11) is 3.10. The SMILES string of the molecule is COc1nc(-c2cccc(-c3cccc(Nc4nc(C(F)F)cc5cnn(C)c(=O)c45)c3Cl)c2Cl)cc2c1CCN(CCC13CCC(C(N)=O)(CC1)C3)C2. The molecule has 3 aromatic heterocycles. The molecule has 4 heterocycles. The van der Waals surface area contributed by atoms with Gasteiger partial charge in [0.25, 0.3) is 12.0 Å². The summed E-state index contributed by atoms with van der Waals surface area (Å²) in [5.41, 5.74) is 9.83. The molecule has 8 rings (SSSR count). The third-order valence-corrected chi connectivity index (χ3v) is 12.7. The van der Waals surface area contributed by atoms with Crippen LogP contribution < -0.4 is 21.3 Å². The van der Waals surface area contributed by atoms with E-state index < -0.39 is 17.7 Å². The summed E-state index contributed by atoms with van der Waals surface area (Å²) >= 11 is 14.2. The number of nitrogens with two attached hydrogens (primary N) is 1. The molecule has 14 heteroatoms. The number of fused-ring (bicyclic) bond motifs is 4. The van der Waals surface area contributed by atoms with Crippen molar-refractivity contribution >= 4 is 51.4 Å². The van der Waals surface area contributed by atoms with Gasteiger partial charge in [-0.2, -0.15) is 5.10 Å². The normalized spacial score (nSPS) is 20.8. The molecule has 1 amide bonds. The summed E-state index contributed by atoms with van der Waals surface area (Å²) in [6.07, 6.45) is 5.20. The van der Waals surface area contributed by atoms with Gasteiger partial charge in [-0.1, -0.05) is 53.5 Å². The molecule has 2 bridgehead atoms. The number of nitrogens with one attached hydrogen (secondary N) is 1. The number of anilines is 2. The summed E-state index contributed by atoms with van der Waals surface area (Å²) in [6, 6.07) is 14.1. The number of benzene rings is 2. The van der Waals surface area contributed by atoms with Crippen molar-refractivity contribution in [2.75, 3.05) is 25.5 Å². The Labute approximate surface area is 320 Å². The summed E-state index contributed by atoms with van der Waals surface area (Å²) in [5, 5.41) is 8.02. The van der Waals surface area contributed by atoms with Gasteiger partial charge < -0.3 is 15.8 Å². The minimum Gasteiger partial charge on any atom is -0.481 e. The largest absolute Gasteiger partial charge is 0.481 e. The lowest BCUT2D eigenvalue weighted by molar-refractivity contribution is -0.127. The molecule has 3 aliphatic rings. The van der Waals surface area contributed by atoms with E-state index in [1.165, 1.54) is 13.2 Å². The van der Waals surface area contributed by atoms with Gasteiger partial charge in [-0.25, -0.2) is 23.4 Å². The molecule has 1 aliphatic heterocycles. The zero-order valence-electron chi connectivity index (χ0n) is 29.9. The van der Waals surface area contributed by atoms with E-state index in [2.05, 4.69) is 26.4 Å². The predicted molar refractivity (Wildman–Crippen MR) is 205 cm³/mol. The molecule has 3 N–H and O–H groups in total. The van der Waals surface area contributed by atoms with Crippen molar-refractivity contribution in [2.45, 2.75) is 57.9 Å². The van der Waals surface area contributed by atoms with Gasteiger partial charge in [-0.3, -0.25) is 14.5 Å². The zero-order valence-corrected chi connectivity index (χ0v) is 31.4. The number of hydrogen-bond acceptors (Lipinski definition) is 8. The van der Waals surface area contributed by atoms with Crippen molar-refractivity contribution in [2.24, 2.45) is 23.6 Å². The molecule has 10 nitrogen and oxygen atoms in total. The van der Waals surface area contributed by atoms with Crippen LogP contribution in [-0.4, -0.2) is 50.8 Å². The van der Waals surface area contributed by atoms with Crippen LogP contribution in [0.4, 0.5) is 20.3 Å². The number of halogens is 4. The molecule has 2 fully saturated rings. The highest BCUT2D eigenvalue weighted by Gasteiger charge is 2.56. The molecule has 0 spiro atoms. The molecule has 5 aromatic rings. The molecule has 54 heavy (non-hydrogen) atoms. The van der Waals surface area contributed by atoms with Crippen LogP contribution in [-0.2, 0) is 24.8 Å². The molecule has 0 radical (unpaired) electrons. The highest BCUT2D eigenvalue weighted by Crippen LogP contribution is 2.63. The quantitative estimate of drug-likeness (QED) is 0.145. The minimum absolute atomic E-state index is 0.0611. The smallest absolute Gasteiger partial charge is 0.280 e. The average molecular weight is 775 g/mol. The van der Waals surface area contributed by atoms with Crippen molar-refractivity contribution in [1.82, 2.24) is 24.6 Å². The monoisotopic (exact) mass is 773 g/mol. The lowest BCUT2D eigenvalue weighted by Gasteiger charge is -2.33. The minimum atomic E-state index is -2.87. The average Bonchev–Trinajstić information content (AvgIpc) is 3.74. The second-order valence-corrected chi connectivity index (χ2v) is 15.7. The third kappa shape index (κ3) is 6.27. The van der Waals surface area contributed by atoms with Crippen LogP contribution in [0.3, 0.4) is 0 Å². The van der Waals surface area contributed by atoms with Gasteiger partial charge in [0.2, 0.25) is 11.8 Å². The van der Waals surface area contributed by atoms with Gasteiger partial charge in [0, 0.05) is 53.2 Å². The Bertz CT molecular complexity index is 2380. The maximum atomic E-state index is 13.8. The number of hydrogen-bond donors (Lipinski definition) is 2. The first-order valence-corrected chi connectivity index (χ1v) is 18.8. The van der Waals surface area contributed by atoms with Crippen LogP contribution >= 0.6 is 23.2 Å². The van der Waals surface area contributed by atoms with E-state index in [1.54, 1.807) is 19.2 Å². The number of ether oxygens (including phenoxy) is 1. The summed E-state index contributed by atoms with van der Waals surface area (Å²) in [6.45, 7) is 2.57. The number of methoxy groups -OCH3 is 1. The lowest BCUT2D eigenvalue weighted by atomic mass is 9.80. The Morgan fingerprint density at radius 2 is 1.76 bits per heavy atom. The first-order valence-electron chi connectivity index (χ1n) is 18.0. The molecule has 2 aliphatic carbocycles. The van der Waals surface area contributed by atoms with Crippen molar-refractivity contribution in [3.05, 3.63) is 91.9 Å². The van der Waals surface area contributed by atoms with Crippen molar-refractivity contribution in [3.8, 4) is 28.3 Å². The van der Waals surface area contributed by atoms with Gasteiger partial charge in [0.1, 0.15) is 11.5 Å². The maximum absolute atomic E-state index is 13.8. The molecular formula is C40H39Cl2F2N7O3. The van der Waals surface area contributed by atoms with E-state index in [1.807, 2.05) is 24.3 Å². The van der Waals surface area contributed by atoms with E-state index in [0.29, 0.717) is 39.0 Å². The fraction of sp³-hybridized carbons (Fsp3) is 0.375. The molecule has 2 saturated carbocycles. The fourth-order valence-corrected chi connectivity index (χ4v) is 9.47. The number of nitrogens with zero attached hydrogens (tertiary/aromatic N) is 5. The molecule has 2 aromatic carbocycles. The van der Waals surface area contributed by atoms with Crippen molar-refractivity contribution in [1.29, 1.82) is 0 Å². The molecule has 0 unspecified atom stereocenters. The Kier molecular flexibility index (Phi) is 9.34. The number of primary amides is 1. The standard InChI is InChI=1S/C40H39Cl2F2N7O3/c1-50-37(52)31-22(19-46-50)17-30(34(43)44)48-35(31)47-28-8-4-6-26(33(28)42)25-5-3-7-27(32(25)41)29-18-23-20-51(15-9-24(23)36(49-29)54-2)16-14-39-10-12-40(21-39,13-11-39)38(45)53/h3-8,17-19,34H,9-16,20-21H2,1-2H3,(H2,45,53)(H,47,48). The van der Waals surface area contributed by atoms with Crippen LogP contribution in [0.2, 0.25) is 10.0 Å². The molecular weight excluding hydrogens is 735 g/mol. The number of aryl methyl sites for hydroxylation is 1. The number of aromatic nitrogens is 4. The summed E-state index contributed by atoms with van der Waals surface area (Å²) < 4.78 is 34.6. The van der Waals surface area contributed by atoms with E-state index >= 15 is 0 Å². The first kappa shape index (κ1) is 36.3. The Morgan fingerprint density at radius 1 is 1.04 bits per heavy atom. The Hall–Kier alpha value is -4.65. The predicted octanol–water partition coefficient (Wildman–Crippen LogP) is 8.24. The van der Waals surface area contributed by atoms with E-state index in [0.717, 1.165) is 86.5 Å². The Balaban J connectivity index is 1.09. The number of pyridine rings is 2. The van der Waals surface area contributed by atoms with Crippen molar-refractivity contribution < 1.29 is 18.3 Å². The van der Waals surface area contributed by atoms with Crippen LogP contribution in [0, 0.1) is 10.8 Å². The fourth-order valence-electron chi connectivity index (χ4n) is 8.87. The van der Waals surface area contributed by atoms with Gasteiger partial charge >= 0.3 is 0 Å². The Morgan fingerprint density at radius 3 is 2.46 bits per heavy atom. The molecule has 280 valence electrons. The number of carbonyl (C=O) groups is 1. The highest BCUT2D eigenvalue weighted by molar-refractivity contribution is 6.39. The molecule has 0 atom stereocenters. The lowest BCUT2D eigenvalue weighted by Crippen LogP contribution is -2.34. The van der Waals surface area contributed by atoms with Crippen molar-refractivity contribution in [3.63, 3.8) is 0 Å². The van der Waals surface area contributed by atoms with E-state index in [9.17, 15) is 18.4 Å². The van der Waals surface area contributed by atoms with Gasteiger partial charge in [-0.05, 0) is 80.7 Å². The van der Waals surface area contributed by atoms with E-state index in [4.69, 9.17) is 38.7 Å². The third-order valence-electron chi connectivity index (χ3n) is 11.9. The number of amides is 1. The number of carbonyl (C=O) groups excluding carboxylic acids is 1. The van der Waals surface area contributed by atoms with Crippen LogP contribution in [0.1, 0.15) is 61.8 Å². The molecule has 0 saturated heterocycles. The van der Waals surface area contributed by atoms with Crippen LogP contribution in [0.5, 0.6) is 5.88 Å².